The monoisotopic (exact) mass is 214 g/mol. The molecule has 0 spiro atoms. The minimum Gasteiger partial charge on any atom is -0.481 e. The summed E-state index contributed by atoms with van der Waals surface area (Å²) < 4.78 is 0. The zero-order valence-electron chi connectivity index (χ0n) is 8.52. The predicted octanol–water partition coefficient (Wildman–Crippen LogP) is -0.802. The number of hydrogen-bond donors (Lipinski definition) is 2. The predicted molar refractivity (Wildman–Crippen MR) is 51.1 cm³/mol. The van der Waals surface area contributed by atoms with Gasteiger partial charge in [-0.2, -0.15) is 0 Å². The summed E-state index contributed by atoms with van der Waals surface area (Å²) in [5, 5.41) is 11.0. The number of carbonyl (C=O) groups excluding carboxylic acids is 2. The van der Waals surface area contributed by atoms with E-state index in [4.69, 9.17) is 5.11 Å². The van der Waals surface area contributed by atoms with E-state index >= 15 is 0 Å². The summed E-state index contributed by atoms with van der Waals surface area (Å²) >= 11 is 0. The lowest BCUT2D eigenvalue weighted by molar-refractivity contribution is -0.138. The van der Waals surface area contributed by atoms with E-state index in [-0.39, 0.29) is 31.2 Å². The maximum absolute atomic E-state index is 11.6. The van der Waals surface area contributed by atoms with E-state index in [1.807, 2.05) is 0 Å². The van der Waals surface area contributed by atoms with Crippen LogP contribution in [-0.4, -0.2) is 46.9 Å². The quantitative estimate of drug-likeness (QED) is 0.643. The first-order valence-electron chi connectivity index (χ1n) is 4.80. The molecule has 0 radical (unpaired) electrons. The SMILES string of the molecule is CC1NC(=O)CCN(CCC(=O)O)C1=O. The molecular formula is C9H14N2O4. The lowest BCUT2D eigenvalue weighted by Crippen LogP contribution is -2.43. The molecule has 0 aromatic heterocycles. The summed E-state index contributed by atoms with van der Waals surface area (Å²) in [6.07, 6.45) is 0.141. The van der Waals surface area contributed by atoms with E-state index in [0.717, 1.165) is 0 Å². The third-order valence-corrected chi connectivity index (χ3v) is 2.26. The highest BCUT2D eigenvalue weighted by molar-refractivity contribution is 5.89. The van der Waals surface area contributed by atoms with E-state index in [0.29, 0.717) is 6.54 Å². The van der Waals surface area contributed by atoms with Crippen LogP contribution in [0.1, 0.15) is 19.8 Å². The van der Waals surface area contributed by atoms with Crippen LogP contribution in [-0.2, 0) is 14.4 Å². The van der Waals surface area contributed by atoms with Gasteiger partial charge in [-0.3, -0.25) is 14.4 Å². The summed E-state index contributed by atoms with van der Waals surface area (Å²) in [6, 6.07) is -0.561. The van der Waals surface area contributed by atoms with Crippen molar-refractivity contribution in [1.82, 2.24) is 10.2 Å². The Labute approximate surface area is 87.2 Å². The molecule has 6 nitrogen and oxygen atoms in total. The van der Waals surface area contributed by atoms with Crippen LogP contribution in [0.5, 0.6) is 0 Å². The van der Waals surface area contributed by atoms with E-state index in [9.17, 15) is 14.4 Å². The zero-order valence-corrected chi connectivity index (χ0v) is 8.52. The molecule has 1 atom stereocenters. The van der Waals surface area contributed by atoms with Gasteiger partial charge in [-0.05, 0) is 6.92 Å². The van der Waals surface area contributed by atoms with Crippen LogP contribution in [0.15, 0.2) is 0 Å². The number of carbonyl (C=O) groups is 3. The summed E-state index contributed by atoms with van der Waals surface area (Å²) in [7, 11) is 0. The molecular weight excluding hydrogens is 200 g/mol. The fourth-order valence-electron chi connectivity index (χ4n) is 1.45. The number of carboxylic acid groups (broad SMARTS) is 1. The molecule has 0 aromatic rings. The van der Waals surface area contributed by atoms with Gasteiger partial charge in [-0.1, -0.05) is 0 Å². The molecule has 1 rings (SSSR count). The molecule has 1 fully saturated rings. The highest BCUT2D eigenvalue weighted by atomic mass is 16.4. The molecule has 2 N–H and O–H groups in total. The van der Waals surface area contributed by atoms with Crippen molar-refractivity contribution in [3.05, 3.63) is 0 Å². The van der Waals surface area contributed by atoms with E-state index < -0.39 is 12.0 Å². The molecule has 0 aliphatic carbocycles. The van der Waals surface area contributed by atoms with Crippen molar-refractivity contribution in [3.8, 4) is 0 Å². The van der Waals surface area contributed by atoms with Gasteiger partial charge in [-0.25, -0.2) is 0 Å². The minimum atomic E-state index is -0.945. The van der Waals surface area contributed by atoms with Crippen LogP contribution in [0, 0.1) is 0 Å². The van der Waals surface area contributed by atoms with Crippen LogP contribution in [0.3, 0.4) is 0 Å². The molecule has 1 aliphatic heterocycles. The van der Waals surface area contributed by atoms with E-state index in [1.165, 1.54) is 4.90 Å². The molecule has 84 valence electrons. The molecule has 1 heterocycles. The van der Waals surface area contributed by atoms with Gasteiger partial charge in [-0.15, -0.1) is 0 Å². The van der Waals surface area contributed by atoms with Crippen molar-refractivity contribution in [2.45, 2.75) is 25.8 Å². The van der Waals surface area contributed by atoms with Gasteiger partial charge in [0.05, 0.1) is 6.42 Å². The molecule has 0 bridgehead atoms. The maximum Gasteiger partial charge on any atom is 0.305 e. The fraction of sp³-hybridized carbons (Fsp3) is 0.667. The van der Waals surface area contributed by atoms with Gasteiger partial charge >= 0.3 is 5.97 Å². The second kappa shape index (κ2) is 4.77. The van der Waals surface area contributed by atoms with Crippen molar-refractivity contribution >= 4 is 17.8 Å². The van der Waals surface area contributed by atoms with Crippen LogP contribution in [0.25, 0.3) is 0 Å². The molecule has 1 saturated heterocycles. The Kier molecular flexibility index (Phi) is 3.65. The van der Waals surface area contributed by atoms with Crippen LogP contribution < -0.4 is 5.32 Å². The molecule has 2 amide bonds. The second-order valence-corrected chi connectivity index (χ2v) is 3.51. The molecule has 1 aliphatic rings. The fourth-order valence-corrected chi connectivity index (χ4v) is 1.45. The van der Waals surface area contributed by atoms with Gasteiger partial charge in [0.2, 0.25) is 11.8 Å². The average molecular weight is 214 g/mol. The van der Waals surface area contributed by atoms with E-state index in [1.54, 1.807) is 6.92 Å². The Bertz CT molecular complexity index is 290. The Balaban J connectivity index is 2.58. The van der Waals surface area contributed by atoms with Crippen LogP contribution >= 0.6 is 0 Å². The van der Waals surface area contributed by atoms with Gasteiger partial charge in [0, 0.05) is 19.5 Å². The minimum absolute atomic E-state index is 0.0906. The Morgan fingerprint density at radius 3 is 2.87 bits per heavy atom. The third kappa shape index (κ3) is 3.23. The average Bonchev–Trinajstić information content (AvgIpc) is 2.26. The number of nitrogens with zero attached hydrogens (tertiary/aromatic N) is 1. The summed E-state index contributed by atoms with van der Waals surface area (Å²) in [6.45, 7) is 2.05. The topological polar surface area (TPSA) is 86.7 Å². The first kappa shape index (κ1) is 11.5. The third-order valence-electron chi connectivity index (χ3n) is 2.26. The Morgan fingerprint density at radius 2 is 2.27 bits per heavy atom. The van der Waals surface area contributed by atoms with Crippen molar-refractivity contribution in [2.75, 3.05) is 13.1 Å². The number of amides is 2. The van der Waals surface area contributed by atoms with Crippen LogP contribution in [0.2, 0.25) is 0 Å². The van der Waals surface area contributed by atoms with Gasteiger partial charge < -0.3 is 15.3 Å². The summed E-state index contributed by atoms with van der Waals surface area (Å²) in [4.78, 5) is 34.5. The van der Waals surface area contributed by atoms with Gasteiger partial charge in [0.25, 0.3) is 0 Å². The van der Waals surface area contributed by atoms with Gasteiger partial charge in [0.1, 0.15) is 6.04 Å². The lowest BCUT2D eigenvalue weighted by Gasteiger charge is -2.21. The highest BCUT2D eigenvalue weighted by Crippen LogP contribution is 2.04. The van der Waals surface area contributed by atoms with Gasteiger partial charge in [0.15, 0.2) is 0 Å². The first-order valence-corrected chi connectivity index (χ1v) is 4.80. The largest absolute Gasteiger partial charge is 0.481 e. The Morgan fingerprint density at radius 1 is 1.60 bits per heavy atom. The van der Waals surface area contributed by atoms with E-state index in [2.05, 4.69) is 5.32 Å². The zero-order chi connectivity index (χ0) is 11.4. The number of carboxylic acids is 1. The molecule has 1 unspecified atom stereocenters. The summed E-state index contributed by atoms with van der Waals surface area (Å²) in [5.74, 6) is -1.34. The number of nitrogens with one attached hydrogen (secondary N) is 1. The standard InChI is InChI=1S/C9H14N2O4/c1-6-9(15)11(5-3-8(13)14)4-2-7(12)10-6/h6H,2-5H2,1H3,(H,10,12)(H,13,14). The van der Waals surface area contributed by atoms with Crippen molar-refractivity contribution < 1.29 is 19.5 Å². The lowest BCUT2D eigenvalue weighted by atomic mass is 10.3. The van der Waals surface area contributed by atoms with Crippen LogP contribution in [0.4, 0.5) is 0 Å². The molecule has 6 heteroatoms. The smallest absolute Gasteiger partial charge is 0.305 e. The molecule has 0 aromatic carbocycles. The Hall–Kier alpha value is -1.59. The maximum atomic E-state index is 11.6. The number of rotatable bonds is 3. The highest BCUT2D eigenvalue weighted by Gasteiger charge is 2.26. The van der Waals surface area contributed by atoms with Crippen molar-refractivity contribution in [1.29, 1.82) is 0 Å². The number of aliphatic carboxylic acids is 1. The normalized spacial score (nSPS) is 22.2. The summed E-state index contributed by atoms with van der Waals surface area (Å²) in [5.41, 5.74) is 0. The number of hydrogen-bond acceptors (Lipinski definition) is 3. The molecule has 0 saturated carbocycles. The molecule has 15 heavy (non-hydrogen) atoms. The van der Waals surface area contributed by atoms with Crippen molar-refractivity contribution in [2.24, 2.45) is 0 Å². The van der Waals surface area contributed by atoms with Crippen molar-refractivity contribution in [3.63, 3.8) is 0 Å². The second-order valence-electron chi connectivity index (χ2n) is 3.51. The first-order chi connectivity index (χ1) is 7.00.